The zero-order valence-corrected chi connectivity index (χ0v) is 16.7. The van der Waals surface area contributed by atoms with Crippen LogP contribution in [0.3, 0.4) is 0 Å². The number of benzene rings is 1. The highest BCUT2D eigenvalue weighted by Crippen LogP contribution is 2.36. The SMILES string of the molecule is CN[n+]1cn(Cc2cc(C)no2)c(=O)c2cc(S(=O)(=O)NC3(C)CC3)ccc21. The highest BCUT2D eigenvalue weighted by molar-refractivity contribution is 7.89. The van der Waals surface area contributed by atoms with Crippen LogP contribution in [0.5, 0.6) is 0 Å². The summed E-state index contributed by atoms with van der Waals surface area (Å²) in [6, 6.07) is 6.30. The van der Waals surface area contributed by atoms with Gasteiger partial charge in [-0.1, -0.05) is 5.16 Å². The zero-order valence-electron chi connectivity index (χ0n) is 15.9. The first-order valence-corrected chi connectivity index (χ1v) is 10.4. The van der Waals surface area contributed by atoms with E-state index >= 15 is 0 Å². The van der Waals surface area contributed by atoms with E-state index in [2.05, 4.69) is 15.3 Å². The predicted molar refractivity (Wildman–Crippen MR) is 102 cm³/mol. The van der Waals surface area contributed by atoms with Gasteiger partial charge in [-0.15, -0.1) is 4.68 Å². The second kappa shape index (κ2) is 6.42. The van der Waals surface area contributed by atoms with Crippen molar-refractivity contribution < 1.29 is 17.6 Å². The summed E-state index contributed by atoms with van der Waals surface area (Å²) in [7, 11) is -1.99. The first-order chi connectivity index (χ1) is 13.2. The Morgan fingerprint density at radius 1 is 1.32 bits per heavy atom. The van der Waals surface area contributed by atoms with Crippen molar-refractivity contribution in [1.29, 1.82) is 0 Å². The topological polar surface area (TPSA) is 110 Å². The van der Waals surface area contributed by atoms with E-state index in [-0.39, 0.29) is 27.9 Å². The number of aryl methyl sites for hydroxylation is 1. The van der Waals surface area contributed by atoms with Crippen LogP contribution in [0.1, 0.15) is 31.2 Å². The molecule has 4 rings (SSSR count). The molecule has 1 saturated carbocycles. The molecule has 1 fully saturated rings. The number of hydrogen-bond donors (Lipinski definition) is 2. The average molecular weight is 404 g/mol. The molecule has 0 spiro atoms. The Hall–Kier alpha value is -2.72. The van der Waals surface area contributed by atoms with E-state index < -0.39 is 10.0 Å². The molecule has 0 aliphatic heterocycles. The number of nitrogens with one attached hydrogen (secondary N) is 2. The van der Waals surface area contributed by atoms with E-state index in [0.717, 1.165) is 18.5 Å². The minimum atomic E-state index is -3.71. The molecule has 3 aromatic rings. The highest BCUT2D eigenvalue weighted by atomic mass is 32.2. The fourth-order valence-corrected chi connectivity index (χ4v) is 4.59. The van der Waals surface area contributed by atoms with E-state index in [1.165, 1.54) is 16.7 Å². The van der Waals surface area contributed by atoms with Crippen LogP contribution in [-0.2, 0) is 16.6 Å². The molecule has 1 aromatic carbocycles. The molecular formula is C18H22N5O4S+. The van der Waals surface area contributed by atoms with Gasteiger partial charge in [0.25, 0.3) is 6.33 Å². The second-order valence-corrected chi connectivity index (χ2v) is 9.10. The molecule has 0 bridgehead atoms. The number of fused-ring (bicyclic) bond motifs is 1. The van der Waals surface area contributed by atoms with Crippen molar-refractivity contribution in [3.8, 4) is 0 Å². The summed E-state index contributed by atoms with van der Waals surface area (Å²) in [5.41, 5.74) is 3.58. The van der Waals surface area contributed by atoms with Crippen LogP contribution in [0.2, 0.25) is 0 Å². The van der Waals surface area contributed by atoms with Gasteiger partial charge in [-0.05, 0) is 44.9 Å². The summed E-state index contributed by atoms with van der Waals surface area (Å²) < 4.78 is 36.4. The monoisotopic (exact) mass is 404 g/mol. The molecule has 2 aromatic heterocycles. The lowest BCUT2D eigenvalue weighted by molar-refractivity contribution is -0.625. The Balaban J connectivity index is 1.82. The van der Waals surface area contributed by atoms with E-state index in [1.54, 1.807) is 37.1 Å². The summed E-state index contributed by atoms with van der Waals surface area (Å²) in [4.78, 5) is 13.1. The van der Waals surface area contributed by atoms with Gasteiger partial charge >= 0.3 is 5.56 Å². The minimum Gasteiger partial charge on any atom is -0.357 e. The molecule has 28 heavy (non-hydrogen) atoms. The van der Waals surface area contributed by atoms with E-state index in [1.807, 2.05) is 6.92 Å². The molecule has 9 nitrogen and oxygen atoms in total. The molecule has 10 heteroatoms. The number of nitrogens with zero attached hydrogens (tertiary/aromatic N) is 3. The molecule has 148 valence electrons. The molecule has 2 N–H and O–H groups in total. The molecule has 0 amide bonds. The Labute approximate surface area is 162 Å². The first kappa shape index (κ1) is 18.6. The predicted octanol–water partition coefficient (Wildman–Crippen LogP) is 0.638. The van der Waals surface area contributed by atoms with Crippen molar-refractivity contribution in [3.05, 3.63) is 52.4 Å². The Kier molecular flexibility index (Phi) is 4.27. The Morgan fingerprint density at radius 2 is 2.07 bits per heavy atom. The lowest BCUT2D eigenvalue weighted by atomic mass is 10.2. The summed E-state index contributed by atoms with van der Waals surface area (Å²) in [6.45, 7) is 3.85. The van der Waals surface area contributed by atoms with Gasteiger partial charge in [-0.3, -0.25) is 5.43 Å². The minimum absolute atomic E-state index is 0.0705. The molecular weight excluding hydrogens is 382 g/mol. The van der Waals surface area contributed by atoms with Crippen LogP contribution >= 0.6 is 0 Å². The molecule has 1 aliphatic carbocycles. The highest BCUT2D eigenvalue weighted by Gasteiger charge is 2.41. The third-order valence-electron chi connectivity index (χ3n) is 4.91. The van der Waals surface area contributed by atoms with Crippen molar-refractivity contribution in [3.63, 3.8) is 0 Å². The van der Waals surface area contributed by atoms with Gasteiger partial charge < -0.3 is 4.52 Å². The van der Waals surface area contributed by atoms with Crippen LogP contribution in [0.4, 0.5) is 0 Å². The summed E-state index contributed by atoms with van der Waals surface area (Å²) in [5, 5.41) is 4.12. The molecule has 0 saturated heterocycles. The van der Waals surface area contributed by atoms with Crippen LogP contribution in [-0.4, -0.2) is 30.7 Å². The van der Waals surface area contributed by atoms with Crippen LogP contribution in [0.25, 0.3) is 10.9 Å². The number of sulfonamides is 1. The number of aromatic nitrogens is 3. The van der Waals surface area contributed by atoms with Crippen LogP contribution in [0, 0.1) is 6.92 Å². The third-order valence-corrected chi connectivity index (χ3v) is 6.54. The van der Waals surface area contributed by atoms with Crippen molar-refractivity contribution >= 4 is 20.9 Å². The molecule has 0 radical (unpaired) electrons. The average Bonchev–Trinajstić information content (AvgIpc) is 3.22. The van der Waals surface area contributed by atoms with Crippen LogP contribution in [0.15, 0.2) is 44.8 Å². The second-order valence-electron chi connectivity index (χ2n) is 7.42. The quantitative estimate of drug-likeness (QED) is 0.584. The Morgan fingerprint density at radius 3 is 2.68 bits per heavy atom. The maximum Gasteiger partial charge on any atom is 0.345 e. The van der Waals surface area contributed by atoms with E-state index in [0.29, 0.717) is 11.3 Å². The largest absolute Gasteiger partial charge is 0.357 e. The molecule has 2 heterocycles. The van der Waals surface area contributed by atoms with Gasteiger partial charge in [0.2, 0.25) is 10.0 Å². The standard InChI is InChI=1S/C18H22N5O4S/c1-12-8-13(27-20-12)10-22-11-23(19-3)16-5-4-14(9-15(16)17(22)24)28(25,26)21-18(2)6-7-18/h4-5,8-9,11,19,21H,6-7,10H2,1-3H3/q+1. The maximum atomic E-state index is 13.0. The fraction of sp³-hybridized carbons (Fsp3) is 0.389. The molecule has 0 unspecified atom stereocenters. The third kappa shape index (κ3) is 3.40. The fourth-order valence-electron chi connectivity index (χ4n) is 3.09. The van der Waals surface area contributed by atoms with Crippen molar-refractivity contribution in [2.75, 3.05) is 12.5 Å². The zero-order chi connectivity index (χ0) is 20.1. The first-order valence-electron chi connectivity index (χ1n) is 8.94. The van der Waals surface area contributed by atoms with Crippen molar-refractivity contribution in [2.45, 2.75) is 43.7 Å². The van der Waals surface area contributed by atoms with Gasteiger partial charge in [0.05, 0.1) is 10.6 Å². The van der Waals surface area contributed by atoms with E-state index in [9.17, 15) is 13.2 Å². The summed E-state index contributed by atoms with van der Waals surface area (Å²) in [5.74, 6) is 0.536. The Bertz CT molecular complexity index is 1220. The lowest BCUT2D eigenvalue weighted by Gasteiger charge is -2.13. The normalized spacial score (nSPS) is 15.7. The van der Waals surface area contributed by atoms with Gasteiger partial charge in [0.1, 0.15) is 5.39 Å². The number of rotatable bonds is 6. The van der Waals surface area contributed by atoms with Crippen LogP contribution < -0.4 is 20.4 Å². The van der Waals surface area contributed by atoms with Gasteiger partial charge in [-0.25, -0.2) is 17.9 Å². The van der Waals surface area contributed by atoms with Crippen molar-refractivity contribution in [1.82, 2.24) is 14.4 Å². The summed E-state index contributed by atoms with van der Waals surface area (Å²) >= 11 is 0. The lowest BCUT2D eigenvalue weighted by Crippen LogP contribution is -2.47. The van der Waals surface area contributed by atoms with E-state index in [4.69, 9.17) is 4.52 Å². The van der Waals surface area contributed by atoms with Gasteiger partial charge in [0, 0.05) is 18.7 Å². The maximum absolute atomic E-state index is 13.0. The van der Waals surface area contributed by atoms with Gasteiger partial charge in [-0.2, -0.15) is 4.57 Å². The number of hydrogen-bond acceptors (Lipinski definition) is 6. The van der Waals surface area contributed by atoms with Crippen molar-refractivity contribution in [2.24, 2.45) is 0 Å². The molecule has 1 aliphatic rings. The van der Waals surface area contributed by atoms with Gasteiger partial charge in [0.15, 0.2) is 17.8 Å². The summed E-state index contributed by atoms with van der Waals surface area (Å²) in [6.07, 6.45) is 3.23. The smallest absolute Gasteiger partial charge is 0.345 e. The molecule has 0 atom stereocenters.